The fraction of sp³-hybridized carbons (Fsp3) is 0.846. The van der Waals surface area contributed by atoms with Crippen LogP contribution in [0.5, 0.6) is 0 Å². The Balaban J connectivity index is 2.20. The van der Waals surface area contributed by atoms with Gasteiger partial charge in [-0.05, 0) is 32.6 Å². The number of amides is 1. The van der Waals surface area contributed by atoms with Crippen LogP contribution in [0.25, 0.3) is 0 Å². The Morgan fingerprint density at radius 1 is 1.39 bits per heavy atom. The minimum Gasteiger partial charge on any atom is -0.465 e. The van der Waals surface area contributed by atoms with Crippen LogP contribution in [0.3, 0.4) is 0 Å². The van der Waals surface area contributed by atoms with Crippen LogP contribution in [-0.4, -0.2) is 49.7 Å². The van der Waals surface area contributed by atoms with E-state index in [-0.39, 0.29) is 24.5 Å². The Bertz CT molecular complexity index is 274. The van der Waals surface area contributed by atoms with Crippen LogP contribution < -0.4 is 0 Å². The molecule has 0 bridgehead atoms. The van der Waals surface area contributed by atoms with Gasteiger partial charge in [-0.3, -0.25) is 9.59 Å². The van der Waals surface area contributed by atoms with Gasteiger partial charge in [-0.25, -0.2) is 0 Å². The second-order valence-corrected chi connectivity index (χ2v) is 4.58. The summed E-state index contributed by atoms with van der Waals surface area (Å²) >= 11 is 0. The zero-order valence-electron chi connectivity index (χ0n) is 11.3. The predicted octanol–water partition coefficient (Wildman–Crippen LogP) is 1.36. The first-order chi connectivity index (χ1) is 8.63. The number of likely N-dealkylation sites (N-methyl/N-ethyl adjacent to an activating group) is 1. The Morgan fingerprint density at radius 2 is 2.17 bits per heavy atom. The van der Waals surface area contributed by atoms with Gasteiger partial charge in [0, 0.05) is 20.1 Å². The van der Waals surface area contributed by atoms with Gasteiger partial charge in [-0.1, -0.05) is 0 Å². The summed E-state index contributed by atoms with van der Waals surface area (Å²) in [6.45, 7) is 2.92. The van der Waals surface area contributed by atoms with E-state index in [0.29, 0.717) is 13.0 Å². The standard InChI is InChI=1S/C13H23NO4/c1-3-17-13(16)10-14(2)12(15)8-7-11-6-4-5-9-18-11/h11H,3-10H2,1-2H3. The van der Waals surface area contributed by atoms with Gasteiger partial charge in [-0.15, -0.1) is 0 Å². The summed E-state index contributed by atoms with van der Waals surface area (Å²) in [5, 5.41) is 0. The summed E-state index contributed by atoms with van der Waals surface area (Å²) < 4.78 is 10.4. The van der Waals surface area contributed by atoms with Crippen molar-refractivity contribution in [3.8, 4) is 0 Å². The van der Waals surface area contributed by atoms with Gasteiger partial charge in [0.15, 0.2) is 0 Å². The Hall–Kier alpha value is -1.10. The average Bonchev–Trinajstić information content (AvgIpc) is 2.37. The molecule has 1 unspecified atom stereocenters. The molecule has 0 aromatic rings. The molecular formula is C13H23NO4. The molecule has 0 saturated carbocycles. The minimum atomic E-state index is -0.359. The molecular weight excluding hydrogens is 234 g/mol. The van der Waals surface area contributed by atoms with Crippen LogP contribution in [0, 0.1) is 0 Å². The summed E-state index contributed by atoms with van der Waals surface area (Å²) in [4.78, 5) is 24.4. The van der Waals surface area contributed by atoms with Gasteiger partial charge in [-0.2, -0.15) is 0 Å². The summed E-state index contributed by atoms with van der Waals surface area (Å²) in [6, 6.07) is 0. The van der Waals surface area contributed by atoms with Gasteiger partial charge in [0.2, 0.25) is 5.91 Å². The molecule has 0 radical (unpaired) electrons. The van der Waals surface area contributed by atoms with Crippen molar-refractivity contribution in [3.05, 3.63) is 0 Å². The largest absolute Gasteiger partial charge is 0.465 e. The zero-order chi connectivity index (χ0) is 13.4. The number of rotatable bonds is 6. The van der Waals surface area contributed by atoms with E-state index in [1.54, 1.807) is 14.0 Å². The highest BCUT2D eigenvalue weighted by Crippen LogP contribution is 2.17. The quantitative estimate of drug-likeness (QED) is 0.674. The van der Waals surface area contributed by atoms with Crippen molar-refractivity contribution in [2.75, 3.05) is 26.8 Å². The van der Waals surface area contributed by atoms with Crippen LogP contribution in [0.2, 0.25) is 0 Å². The third kappa shape index (κ3) is 5.49. The summed E-state index contributed by atoms with van der Waals surface area (Å²) in [7, 11) is 1.63. The van der Waals surface area contributed by atoms with E-state index in [9.17, 15) is 9.59 Å². The van der Waals surface area contributed by atoms with Gasteiger partial charge in [0.05, 0.1) is 12.7 Å². The van der Waals surface area contributed by atoms with Crippen molar-refractivity contribution in [2.24, 2.45) is 0 Å². The lowest BCUT2D eigenvalue weighted by molar-refractivity contribution is -0.148. The van der Waals surface area contributed by atoms with Crippen LogP contribution in [0.1, 0.15) is 39.0 Å². The third-order valence-electron chi connectivity index (χ3n) is 3.05. The molecule has 18 heavy (non-hydrogen) atoms. The van der Waals surface area contributed by atoms with Crippen LogP contribution >= 0.6 is 0 Å². The lowest BCUT2D eigenvalue weighted by Gasteiger charge is -2.23. The Morgan fingerprint density at radius 3 is 2.78 bits per heavy atom. The molecule has 0 aliphatic carbocycles. The highest BCUT2D eigenvalue weighted by atomic mass is 16.5. The average molecular weight is 257 g/mol. The number of carbonyl (C=O) groups is 2. The monoisotopic (exact) mass is 257 g/mol. The second-order valence-electron chi connectivity index (χ2n) is 4.58. The molecule has 1 amide bonds. The van der Waals surface area contributed by atoms with Gasteiger partial charge in [0.25, 0.3) is 0 Å². The molecule has 0 spiro atoms. The van der Waals surface area contributed by atoms with E-state index in [4.69, 9.17) is 9.47 Å². The summed E-state index contributed by atoms with van der Waals surface area (Å²) in [5.74, 6) is -0.389. The smallest absolute Gasteiger partial charge is 0.325 e. The lowest BCUT2D eigenvalue weighted by Crippen LogP contribution is -2.33. The molecule has 5 nitrogen and oxygen atoms in total. The SMILES string of the molecule is CCOC(=O)CN(C)C(=O)CCC1CCCCO1. The molecule has 1 saturated heterocycles. The zero-order valence-corrected chi connectivity index (χ0v) is 11.3. The molecule has 1 fully saturated rings. The minimum absolute atomic E-state index is 0.0260. The summed E-state index contributed by atoms with van der Waals surface area (Å²) in [5.41, 5.74) is 0. The first-order valence-corrected chi connectivity index (χ1v) is 6.64. The first kappa shape index (κ1) is 15.0. The van der Waals surface area contributed by atoms with E-state index in [1.165, 1.54) is 11.3 Å². The Labute approximate surface area is 108 Å². The van der Waals surface area contributed by atoms with Crippen molar-refractivity contribution in [1.29, 1.82) is 0 Å². The number of ether oxygens (including phenoxy) is 2. The molecule has 1 aliphatic rings. The van der Waals surface area contributed by atoms with Crippen molar-refractivity contribution in [1.82, 2.24) is 4.90 Å². The van der Waals surface area contributed by atoms with Gasteiger partial charge < -0.3 is 14.4 Å². The molecule has 104 valence electrons. The van der Waals surface area contributed by atoms with Crippen LogP contribution in [-0.2, 0) is 19.1 Å². The molecule has 1 atom stereocenters. The van der Waals surface area contributed by atoms with Gasteiger partial charge in [0.1, 0.15) is 6.54 Å². The van der Waals surface area contributed by atoms with E-state index < -0.39 is 0 Å². The number of hydrogen-bond acceptors (Lipinski definition) is 4. The highest BCUT2D eigenvalue weighted by molar-refractivity contribution is 5.81. The Kier molecular flexibility index (Phi) is 6.72. The maximum atomic E-state index is 11.8. The second kappa shape index (κ2) is 8.08. The number of esters is 1. The fourth-order valence-electron chi connectivity index (χ4n) is 2.00. The predicted molar refractivity (Wildman–Crippen MR) is 67.1 cm³/mol. The van der Waals surface area contributed by atoms with Crippen molar-refractivity contribution in [2.45, 2.75) is 45.1 Å². The molecule has 0 N–H and O–H groups in total. The van der Waals surface area contributed by atoms with E-state index in [0.717, 1.165) is 25.9 Å². The van der Waals surface area contributed by atoms with E-state index in [1.807, 2.05) is 0 Å². The summed E-state index contributed by atoms with van der Waals surface area (Å²) in [6.07, 6.45) is 4.71. The highest BCUT2D eigenvalue weighted by Gasteiger charge is 2.18. The molecule has 1 rings (SSSR count). The van der Waals surface area contributed by atoms with Crippen molar-refractivity contribution < 1.29 is 19.1 Å². The molecule has 5 heteroatoms. The maximum Gasteiger partial charge on any atom is 0.325 e. The normalized spacial score (nSPS) is 19.3. The van der Waals surface area contributed by atoms with Gasteiger partial charge >= 0.3 is 5.97 Å². The molecule has 0 aromatic carbocycles. The number of nitrogens with zero attached hydrogens (tertiary/aromatic N) is 1. The topological polar surface area (TPSA) is 55.8 Å². The van der Waals surface area contributed by atoms with E-state index in [2.05, 4.69) is 0 Å². The van der Waals surface area contributed by atoms with Crippen molar-refractivity contribution >= 4 is 11.9 Å². The van der Waals surface area contributed by atoms with Crippen molar-refractivity contribution in [3.63, 3.8) is 0 Å². The molecule has 1 aliphatic heterocycles. The van der Waals surface area contributed by atoms with E-state index >= 15 is 0 Å². The number of carbonyl (C=O) groups excluding carboxylic acids is 2. The molecule has 0 aromatic heterocycles. The van der Waals surface area contributed by atoms with Crippen LogP contribution in [0.4, 0.5) is 0 Å². The van der Waals surface area contributed by atoms with Crippen LogP contribution in [0.15, 0.2) is 0 Å². The fourth-order valence-corrected chi connectivity index (χ4v) is 2.00. The lowest BCUT2D eigenvalue weighted by atomic mass is 10.0. The first-order valence-electron chi connectivity index (χ1n) is 6.64. The molecule has 1 heterocycles. The maximum absolute atomic E-state index is 11.8. The number of hydrogen-bond donors (Lipinski definition) is 0. The third-order valence-corrected chi connectivity index (χ3v) is 3.05.